The standard InChI is InChI=1S/C12H15NO2/c1-10-3-5-11(6-4-10)12(15)7-8-13(2)9-14/h3-6,9H,7-8H2,1-2H3. The van der Waals surface area contributed by atoms with Crippen LogP contribution in [0.1, 0.15) is 22.3 Å². The van der Waals surface area contributed by atoms with Crippen LogP contribution in [0.15, 0.2) is 24.3 Å². The number of carbonyl (C=O) groups excluding carboxylic acids is 2. The second kappa shape index (κ2) is 5.29. The van der Waals surface area contributed by atoms with Crippen LogP contribution in [0.4, 0.5) is 0 Å². The Kier molecular flexibility index (Phi) is 4.03. The molecule has 1 aromatic rings. The summed E-state index contributed by atoms with van der Waals surface area (Å²) in [6.07, 6.45) is 1.10. The molecule has 1 aromatic carbocycles. The van der Waals surface area contributed by atoms with Crippen molar-refractivity contribution < 1.29 is 9.59 Å². The number of amides is 1. The van der Waals surface area contributed by atoms with Gasteiger partial charge in [-0.15, -0.1) is 0 Å². The highest BCUT2D eigenvalue weighted by atomic mass is 16.1. The number of Topliss-reactive ketones (excluding diaryl/α,β-unsaturated/α-hetero) is 1. The quantitative estimate of drug-likeness (QED) is 0.541. The van der Waals surface area contributed by atoms with E-state index in [1.54, 1.807) is 7.05 Å². The highest BCUT2D eigenvalue weighted by Crippen LogP contribution is 2.06. The number of aryl methyl sites for hydroxylation is 1. The van der Waals surface area contributed by atoms with E-state index < -0.39 is 0 Å². The molecule has 0 saturated carbocycles. The van der Waals surface area contributed by atoms with Crippen LogP contribution in [0.5, 0.6) is 0 Å². The molecule has 0 atom stereocenters. The first kappa shape index (κ1) is 11.4. The van der Waals surface area contributed by atoms with Gasteiger partial charge >= 0.3 is 0 Å². The summed E-state index contributed by atoms with van der Waals surface area (Å²) in [5, 5.41) is 0. The number of ketones is 1. The zero-order valence-electron chi connectivity index (χ0n) is 9.06. The normalized spacial score (nSPS) is 9.73. The van der Waals surface area contributed by atoms with Crippen molar-refractivity contribution in [3.8, 4) is 0 Å². The van der Waals surface area contributed by atoms with Crippen LogP contribution in [-0.4, -0.2) is 30.7 Å². The van der Waals surface area contributed by atoms with Crippen molar-refractivity contribution in [2.24, 2.45) is 0 Å². The summed E-state index contributed by atoms with van der Waals surface area (Å²) in [5.74, 6) is 0.0729. The van der Waals surface area contributed by atoms with E-state index in [1.807, 2.05) is 31.2 Å². The Morgan fingerprint density at radius 1 is 1.33 bits per heavy atom. The van der Waals surface area contributed by atoms with Crippen LogP contribution in [-0.2, 0) is 4.79 Å². The predicted octanol–water partition coefficient (Wildman–Crippen LogP) is 1.66. The van der Waals surface area contributed by atoms with E-state index in [0.717, 1.165) is 12.0 Å². The maximum absolute atomic E-state index is 11.6. The van der Waals surface area contributed by atoms with Crippen LogP contribution in [0.25, 0.3) is 0 Å². The summed E-state index contributed by atoms with van der Waals surface area (Å²) >= 11 is 0. The smallest absolute Gasteiger partial charge is 0.209 e. The highest BCUT2D eigenvalue weighted by molar-refractivity contribution is 5.96. The molecule has 0 aliphatic heterocycles. The van der Waals surface area contributed by atoms with Crippen LogP contribution < -0.4 is 0 Å². The van der Waals surface area contributed by atoms with Crippen LogP contribution in [0.3, 0.4) is 0 Å². The third kappa shape index (κ3) is 3.54. The minimum atomic E-state index is 0.0729. The summed E-state index contributed by atoms with van der Waals surface area (Å²) in [5.41, 5.74) is 1.84. The molecule has 3 nitrogen and oxygen atoms in total. The average Bonchev–Trinajstić information content (AvgIpc) is 2.26. The second-order valence-corrected chi connectivity index (χ2v) is 3.63. The molecule has 0 N–H and O–H groups in total. The lowest BCUT2D eigenvalue weighted by atomic mass is 10.1. The third-order valence-corrected chi connectivity index (χ3v) is 2.25. The lowest BCUT2D eigenvalue weighted by Gasteiger charge is -2.09. The Bertz CT molecular complexity index is 343. The number of hydrogen-bond donors (Lipinski definition) is 0. The predicted molar refractivity (Wildman–Crippen MR) is 58.8 cm³/mol. The number of benzene rings is 1. The first-order valence-corrected chi connectivity index (χ1v) is 4.89. The van der Waals surface area contributed by atoms with Crippen molar-refractivity contribution >= 4 is 12.2 Å². The second-order valence-electron chi connectivity index (χ2n) is 3.63. The largest absolute Gasteiger partial charge is 0.348 e. The fourth-order valence-electron chi connectivity index (χ4n) is 1.21. The fraction of sp³-hybridized carbons (Fsp3) is 0.333. The number of carbonyl (C=O) groups is 2. The maximum Gasteiger partial charge on any atom is 0.209 e. The van der Waals surface area contributed by atoms with Crippen LogP contribution in [0.2, 0.25) is 0 Å². The molecule has 3 heteroatoms. The van der Waals surface area contributed by atoms with Gasteiger partial charge in [-0.2, -0.15) is 0 Å². The summed E-state index contributed by atoms with van der Waals surface area (Å²) in [7, 11) is 1.66. The first-order chi connectivity index (χ1) is 7.13. The Hall–Kier alpha value is -1.64. The van der Waals surface area contributed by atoms with Crippen LogP contribution >= 0.6 is 0 Å². The molecular weight excluding hydrogens is 190 g/mol. The zero-order valence-corrected chi connectivity index (χ0v) is 9.06. The molecule has 15 heavy (non-hydrogen) atoms. The lowest BCUT2D eigenvalue weighted by molar-refractivity contribution is -0.116. The van der Waals surface area contributed by atoms with Gasteiger partial charge in [-0.05, 0) is 6.92 Å². The monoisotopic (exact) mass is 205 g/mol. The summed E-state index contributed by atoms with van der Waals surface area (Å²) in [6.45, 7) is 2.45. The fourth-order valence-corrected chi connectivity index (χ4v) is 1.21. The molecule has 0 radical (unpaired) electrons. The average molecular weight is 205 g/mol. The van der Waals surface area contributed by atoms with E-state index >= 15 is 0 Å². The van der Waals surface area contributed by atoms with Gasteiger partial charge in [0.1, 0.15) is 0 Å². The van der Waals surface area contributed by atoms with Gasteiger partial charge in [0.05, 0.1) is 0 Å². The van der Waals surface area contributed by atoms with Crippen LogP contribution in [0, 0.1) is 6.92 Å². The molecule has 0 spiro atoms. The van der Waals surface area contributed by atoms with E-state index in [1.165, 1.54) is 4.90 Å². The van der Waals surface area contributed by atoms with Crippen molar-refractivity contribution in [1.29, 1.82) is 0 Å². The molecule has 80 valence electrons. The molecule has 0 aliphatic carbocycles. The van der Waals surface area contributed by atoms with Crippen molar-refractivity contribution in [1.82, 2.24) is 4.90 Å². The molecule has 0 fully saturated rings. The molecule has 1 rings (SSSR count). The van der Waals surface area contributed by atoms with Gasteiger partial charge in [0, 0.05) is 25.6 Å². The van der Waals surface area contributed by atoms with E-state index in [4.69, 9.17) is 0 Å². The molecular formula is C12H15NO2. The van der Waals surface area contributed by atoms with Gasteiger partial charge in [-0.25, -0.2) is 0 Å². The van der Waals surface area contributed by atoms with E-state index in [9.17, 15) is 9.59 Å². The van der Waals surface area contributed by atoms with Crippen molar-refractivity contribution in [2.45, 2.75) is 13.3 Å². The Labute approximate surface area is 89.7 Å². The molecule has 0 aromatic heterocycles. The Morgan fingerprint density at radius 2 is 1.93 bits per heavy atom. The summed E-state index contributed by atoms with van der Waals surface area (Å²) in [6, 6.07) is 7.46. The molecule has 0 aliphatic rings. The maximum atomic E-state index is 11.6. The summed E-state index contributed by atoms with van der Waals surface area (Å²) in [4.78, 5) is 23.4. The number of rotatable bonds is 5. The molecule has 0 saturated heterocycles. The van der Waals surface area contributed by atoms with E-state index in [2.05, 4.69) is 0 Å². The number of nitrogens with zero attached hydrogens (tertiary/aromatic N) is 1. The topological polar surface area (TPSA) is 37.4 Å². The SMILES string of the molecule is Cc1ccc(C(=O)CCN(C)C=O)cc1. The molecule has 1 amide bonds. The summed E-state index contributed by atoms with van der Waals surface area (Å²) < 4.78 is 0. The minimum absolute atomic E-state index is 0.0729. The van der Waals surface area contributed by atoms with E-state index in [-0.39, 0.29) is 5.78 Å². The lowest BCUT2D eigenvalue weighted by Crippen LogP contribution is -2.19. The number of hydrogen-bond acceptors (Lipinski definition) is 2. The van der Waals surface area contributed by atoms with Gasteiger partial charge in [0.2, 0.25) is 6.41 Å². The highest BCUT2D eigenvalue weighted by Gasteiger charge is 2.05. The third-order valence-electron chi connectivity index (χ3n) is 2.25. The van der Waals surface area contributed by atoms with Crippen molar-refractivity contribution in [2.75, 3.05) is 13.6 Å². The van der Waals surface area contributed by atoms with E-state index in [0.29, 0.717) is 18.5 Å². The van der Waals surface area contributed by atoms with Gasteiger partial charge in [0.25, 0.3) is 0 Å². The molecule has 0 heterocycles. The van der Waals surface area contributed by atoms with Crippen molar-refractivity contribution in [3.63, 3.8) is 0 Å². The zero-order chi connectivity index (χ0) is 11.3. The van der Waals surface area contributed by atoms with Gasteiger partial charge in [-0.1, -0.05) is 29.8 Å². The van der Waals surface area contributed by atoms with Crippen molar-refractivity contribution in [3.05, 3.63) is 35.4 Å². The van der Waals surface area contributed by atoms with Gasteiger partial charge < -0.3 is 4.90 Å². The Balaban J connectivity index is 2.54. The molecule has 0 bridgehead atoms. The first-order valence-electron chi connectivity index (χ1n) is 4.89. The Morgan fingerprint density at radius 3 is 2.47 bits per heavy atom. The minimum Gasteiger partial charge on any atom is -0.348 e. The van der Waals surface area contributed by atoms with Gasteiger partial charge in [-0.3, -0.25) is 9.59 Å². The van der Waals surface area contributed by atoms with Gasteiger partial charge in [0.15, 0.2) is 5.78 Å². The molecule has 0 unspecified atom stereocenters.